The molecule has 1 aromatic carbocycles. The molecule has 0 aliphatic heterocycles. The maximum Gasteiger partial charge on any atom is 0.00555 e. The number of aryl methyl sites for hydroxylation is 2. The predicted molar refractivity (Wildman–Crippen MR) is 62.3 cm³/mol. The van der Waals surface area contributed by atoms with E-state index in [9.17, 15) is 0 Å². The quantitative estimate of drug-likeness (QED) is 0.703. The van der Waals surface area contributed by atoms with Gasteiger partial charge in [0.1, 0.15) is 0 Å². The molecule has 0 saturated carbocycles. The monoisotopic (exact) mass is 189 g/mol. The molecule has 1 heteroatoms. The zero-order valence-electron chi connectivity index (χ0n) is 9.33. The molecule has 0 aliphatic carbocycles. The van der Waals surface area contributed by atoms with Crippen molar-refractivity contribution in [3.63, 3.8) is 0 Å². The van der Waals surface area contributed by atoms with Gasteiger partial charge in [-0.3, -0.25) is 0 Å². The summed E-state index contributed by atoms with van der Waals surface area (Å²) >= 11 is 0. The fourth-order valence-corrected chi connectivity index (χ4v) is 1.41. The molecule has 0 heterocycles. The van der Waals surface area contributed by atoms with Gasteiger partial charge in [0.2, 0.25) is 0 Å². The molecule has 1 aromatic rings. The molecule has 1 rings (SSSR count). The van der Waals surface area contributed by atoms with Crippen LogP contribution in [-0.4, -0.2) is 19.0 Å². The Labute approximate surface area is 87.1 Å². The minimum absolute atomic E-state index is 1.11. The maximum absolute atomic E-state index is 2.21. The molecule has 0 bridgehead atoms. The van der Waals surface area contributed by atoms with Crippen LogP contribution < -0.4 is 0 Å². The first-order chi connectivity index (χ1) is 6.70. The van der Waals surface area contributed by atoms with Gasteiger partial charge in [0.25, 0.3) is 0 Å². The minimum atomic E-state index is 1.11. The van der Waals surface area contributed by atoms with Crippen molar-refractivity contribution in [1.29, 1.82) is 0 Å². The molecule has 0 atom stereocenters. The number of hydrogen-bond donors (Lipinski definition) is 0. The van der Waals surface area contributed by atoms with Gasteiger partial charge in [-0.15, -0.1) is 0 Å². The Morgan fingerprint density at radius 3 is 2.57 bits per heavy atom. The second-order valence-electron chi connectivity index (χ2n) is 3.81. The number of nitrogens with zero attached hydrogens (tertiary/aromatic N) is 1. The normalized spacial score (nSPS) is 10.8. The summed E-state index contributed by atoms with van der Waals surface area (Å²) in [7, 11) is 4.09. The van der Waals surface area contributed by atoms with Crippen molar-refractivity contribution in [2.75, 3.05) is 14.1 Å². The molecule has 0 spiro atoms. The van der Waals surface area contributed by atoms with E-state index in [1.165, 1.54) is 11.1 Å². The van der Waals surface area contributed by atoms with Gasteiger partial charge in [-0.2, -0.15) is 0 Å². The third kappa shape index (κ3) is 3.65. The Kier molecular flexibility index (Phi) is 4.24. The third-order valence-electron chi connectivity index (χ3n) is 2.25. The summed E-state index contributed by atoms with van der Waals surface area (Å²) in [5.74, 6) is 0. The highest BCUT2D eigenvalue weighted by Gasteiger charge is 1.94. The van der Waals surface area contributed by atoms with E-state index in [-0.39, 0.29) is 0 Å². The number of benzene rings is 1. The number of allylic oxidation sites excluding steroid dienone is 1. The molecule has 0 fully saturated rings. The van der Waals surface area contributed by atoms with E-state index in [0.29, 0.717) is 0 Å². The standard InChI is InChI=1S/C13H19N/c1-12-8-4-5-9-13(12)10-6-7-11-14(2)3/h4-5,7-9,11H,6,10H2,1-3H3. The van der Waals surface area contributed by atoms with E-state index in [0.717, 1.165) is 12.8 Å². The highest BCUT2D eigenvalue weighted by molar-refractivity contribution is 5.25. The lowest BCUT2D eigenvalue weighted by Gasteiger charge is -2.04. The van der Waals surface area contributed by atoms with E-state index in [4.69, 9.17) is 0 Å². The lowest BCUT2D eigenvalue weighted by atomic mass is 10.0. The summed E-state index contributed by atoms with van der Waals surface area (Å²) in [5.41, 5.74) is 2.85. The highest BCUT2D eigenvalue weighted by Crippen LogP contribution is 2.09. The lowest BCUT2D eigenvalue weighted by molar-refractivity contribution is 0.561. The molecule has 0 amide bonds. The van der Waals surface area contributed by atoms with E-state index < -0.39 is 0 Å². The lowest BCUT2D eigenvalue weighted by Crippen LogP contribution is -2.00. The van der Waals surface area contributed by atoms with Crippen LogP contribution in [-0.2, 0) is 6.42 Å². The Morgan fingerprint density at radius 2 is 1.93 bits per heavy atom. The molecule has 0 saturated heterocycles. The van der Waals surface area contributed by atoms with Crippen molar-refractivity contribution < 1.29 is 0 Å². The van der Waals surface area contributed by atoms with E-state index in [1.54, 1.807) is 0 Å². The first kappa shape index (κ1) is 10.8. The largest absolute Gasteiger partial charge is 0.384 e. The molecule has 76 valence electrons. The van der Waals surface area contributed by atoms with Crippen LogP contribution in [0.2, 0.25) is 0 Å². The second-order valence-corrected chi connectivity index (χ2v) is 3.81. The van der Waals surface area contributed by atoms with Gasteiger partial charge < -0.3 is 4.90 Å². The highest BCUT2D eigenvalue weighted by atomic mass is 15.0. The summed E-state index contributed by atoms with van der Waals surface area (Å²) in [6.45, 7) is 2.17. The Morgan fingerprint density at radius 1 is 1.21 bits per heavy atom. The van der Waals surface area contributed by atoms with Crippen molar-refractivity contribution in [3.05, 3.63) is 47.7 Å². The molecule has 0 N–H and O–H groups in total. The molecule has 0 unspecified atom stereocenters. The maximum atomic E-state index is 2.21. The zero-order chi connectivity index (χ0) is 10.4. The number of hydrogen-bond acceptors (Lipinski definition) is 1. The van der Waals surface area contributed by atoms with Crippen molar-refractivity contribution in [1.82, 2.24) is 4.90 Å². The topological polar surface area (TPSA) is 3.24 Å². The van der Waals surface area contributed by atoms with Gasteiger partial charge in [0, 0.05) is 14.1 Å². The molecular weight excluding hydrogens is 170 g/mol. The van der Waals surface area contributed by atoms with Gasteiger partial charge >= 0.3 is 0 Å². The van der Waals surface area contributed by atoms with Crippen molar-refractivity contribution in [2.45, 2.75) is 19.8 Å². The van der Waals surface area contributed by atoms with Gasteiger partial charge in [0.05, 0.1) is 0 Å². The molecule has 0 radical (unpaired) electrons. The SMILES string of the molecule is Cc1ccccc1CCC=CN(C)C. The minimum Gasteiger partial charge on any atom is -0.384 e. The second kappa shape index (κ2) is 5.48. The third-order valence-corrected chi connectivity index (χ3v) is 2.25. The van der Waals surface area contributed by atoms with Gasteiger partial charge in [-0.1, -0.05) is 30.3 Å². The average molecular weight is 189 g/mol. The van der Waals surface area contributed by atoms with Crippen LogP contribution in [0, 0.1) is 6.92 Å². The van der Waals surface area contributed by atoms with Crippen molar-refractivity contribution in [3.8, 4) is 0 Å². The average Bonchev–Trinajstić information content (AvgIpc) is 2.15. The molecule has 14 heavy (non-hydrogen) atoms. The Hall–Kier alpha value is -1.24. The van der Waals surface area contributed by atoms with Gasteiger partial charge in [-0.25, -0.2) is 0 Å². The fourth-order valence-electron chi connectivity index (χ4n) is 1.41. The summed E-state index contributed by atoms with van der Waals surface area (Å²) in [6.07, 6.45) is 6.57. The van der Waals surface area contributed by atoms with Crippen molar-refractivity contribution in [2.24, 2.45) is 0 Å². The van der Waals surface area contributed by atoms with Crippen LogP contribution in [0.15, 0.2) is 36.5 Å². The fraction of sp³-hybridized carbons (Fsp3) is 0.385. The van der Waals surface area contributed by atoms with Crippen LogP contribution in [0.1, 0.15) is 17.5 Å². The van der Waals surface area contributed by atoms with Crippen molar-refractivity contribution >= 4 is 0 Å². The summed E-state index contributed by atoms with van der Waals surface area (Å²) in [5, 5.41) is 0. The van der Waals surface area contributed by atoms with Gasteiger partial charge in [-0.05, 0) is 37.1 Å². The molecule has 0 aromatic heterocycles. The Balaban J connectivity index is 2.42. The van der Waals surface area contributed by atoms with Crippen LogP contribution in [0.5, 0.6) is 0 Å². The zero-order valence-corrected chi connectivity index (χ0v) is 9.33. The van der Waals surface area contributed by atoms with Crippen LogP contribution in [0.25, 0.3) is 0 Å². The first-order valence-electron chi connectivity index (χ1n) is 5.08. The number of rotatable bonds is 4. The summed E-state index contributed by atoms with van der Waals surface area (Å²) in [4.78, 5) is 2.07. The first-order valence-corrected chi connectivity index (χ1v) is 5.08. The van der Waals surface area contributed by atoms with E-state index >= 15 is 0 Å². The molecular formula is C13H19N. The van der Waals surface area contributed by atoms with Crippen LogP contribution in [0.3, 0.4) is 0 Å². The van der Waals surface area contributed by atoms with Crippen LogP contribution in [0.4, 0.5) is 0 Å². The molecule has 0 aliphatic rings. The molecule has 1 nitrogen and oxygen atoms in total. The van der Waals surface area contributed by atoms with Crippen LogP contribution >= 0.6 is 0 Å². The van der Waals surface area contributed by atoms with Gasteiger partial charge in [0.15, 0.2) is 0 Å². The smallest absolute Gasteiger partial charge is 0.00555 e. The van der Waals surface area contributed by atoms with E-state index in [1.807, 2.05) is 14.1 Å². The van der Waals surface area contributed by atoms with E-state index in [2.05, 4.69) is 48.4 Å². The predicted octanol–water partition coefficient (Wildman–Crippen LogP) is 3.00. The summed E-state index contributed by atoms with van der Waals surface area (Å²) in [6, 6.07) is 8.58. The summed E-state index contributed by atoms with van der Waals surface area (Å²) < 4.78 is 0. The Bertz CT molecular complexity index is 300.